The number of phenolic OH excluding ortho intramolecular Hbond substituents is 1. The molecule has 0 fully saturated rings. The molecule has 1 aromatic carbocycles. The zero-order valence-electron chi connectivity index (χ0n) is 5.43. The molecular formula is C7H6AsClO. The molecule has 0 atom stereocenters. The molecule has 1 aromatic rings. The summed E-state index contributed by atoms with van der Waals surface area (Å²) in [5.41, 5.74) is 0.805. The van der Waals surface area contributed by atoms with Crippen molar-refractivity contribution in [2.45, 2.75) is 6.92 Å². The van der Waals surface area contributed by atoms with E-state index in [1.807, 2.05) is 6.92 Å². The summed E-state index contributed by atoms with van der Waals surface area (Å²) < 4.78 is 0.845. The van der Waals surface area contributed by atoms with Gasteiger partial charge in [0.15, 0.2) is 0 Å². The van der Waals surface area contributed by atoms with E-state index >= 15 is 0 Å². The van der Waals surface area contributed by atoms with Crippen LogP contribution in [0.15, 0.2) is 12.1 Å². The SMILES string of the molecule is Cc1cc(Cl)c([As])cc1O. The van der Waals surface area contributed by atoms with E-state index in [9.17, 15) is 0 Å². The predicted molar refractivity (Wildman–Crippen MR) is 43.2 cm³/mol. The van der Waals surface area contributed by atoms with E-state index in [1.165, 1.54) is 0 Å². The van der Waals surface area contributed by atoms with E-state index in [0.29, 0.717) is 10.8 Å². The monoisotopic (exact) mass is 216 g/mol. The molecule has 1 rings (SSSR count). The topological polar surface area (TPSA) is 20.2 Å². The van der Waals surface area contributed by atoms with Crippen LogP contribution >= 0.6 is 11.6 Å². The van der Waals surface area contributed by atoms with Crippen molar-refractivity contribution in [2.24, 2.45) is 0 Å². The number of phenols is 1. The van der Waals surface area contributed by atoms with E-state index < -0.39 is 0 Å². The van der Waals surface area contributed by atoms with Crippen molar-refractivity contribution in [3.8, 4) is 5.75 Å². The third-order valence-electron chi connectivity index (χ3n) is 1.27. The molecule has 1 N–H and O–H groups in total. The van der Waals surface area contributed by atoms with Gasteiger partial charge in [-0.25, -0.2) is 0 Å². The Morgan fingerprint density at radius 3 is 2.60 bits per heavy atom. The Bertz CT molecular complexity index is 210. The van der Waals surface area contributed by atoms with Gasteiger partial charge in [-0.15, -0.1) is 0 Å². The minimum atomic E-state index is 0.292. The number of hydrogen-bond donors (Lipinski definition) is 1. The second kappa shape index (κ2) is 2.85. The number of aryl methyl sites for hydroxylation is 1. The number of benzene rings is 1. The van der Waals surface area contributed by atoms with E-state index in [4.69, 9.17) is 16.7 Å². The van der Waals surface area contributed by atoms with E-state index in [2.05, 4.69) is 16.9 Å². The molecule has 10 heavy (non-hydrogen) atoms. The summed E-state index contributed by atoms with van der Waals surface area (Å²) in [5, 5.41) is 9.83. The summed E-state index contributed by atoms with van der Waals surface area (Å²) in [6, 6.07) is 3.38. The van der Waals surface area contributed by atoms with Crippen molar-refractivity contribution in [3.63, 3.8) is 0 Å². The first kappa shape index (κ1) is 7.97. The molecule has 0 saturated heterocycles. The van der Waals surface area contributed by atoms with Crippen molar-refractivity contribution in [1.82, 2.24) is 0 Å². The van der Waals surface area contributed by atoms with Gasteiger partial charge in [0, 0.05) is 0 Å². The molecule has 2 radical (unpaired) electrons. The Kier molecular flexibility index (Phi) is 2.28. The Labute approximate surface area is 73.5 Å². The van der Waals surface area contributed by atoms with Crippen LogP contribution in [-0.2, 0) is 0 Å². The first-order chi connectivity index (χ1) is 4.61. The van der Waals surface area contributed by atoms with Crippen molar-refractivity contribution in [3.05, 3.63) is 22.7 Å². The molecule has 0 bridgehead atoms. The predicted octanol–water partition coefficient (Wildman–Crippen LogP) is 1.15. The normalized spacial score (nSPS) is 9.90. The van der Waals surface area contributed by atoms with Gasteiger partial charge >= 0.3 is 73.3 Å². The number of hydrogen-bond acceptors (Lipinski definition) is 1. The van der Waals surface area contributed by atoms with Crippen LogP contribution in [0.5, 0.6) is 5.75 Å². The van der Waals surface area contributed by atoms with Gasteiger partial charge in [-0.05, 0) is 0 Å². The van der Waals surface area contributed by atoms with Crippen LogP contribution in [0.1, 0.15) is 5.56 Å². The summed E-state index contributed by atoms with van der Waals surface area (Å²) in [7, 11) is 0. The standard InChI is InChI=1S/C7H6AsClO/c1-4-2-6(9)5(8)3-7(4)10/h2-3,10H,1H3. The van der Waals surface area contributed by atoms with E-state index in [-0.39, 0.29) is 0 Å². The summed E-state index contributed by atoms with van der Waals surface area (Å²) in [4.78, 5) is 0. The second-order valence-corrected chi connectivity index (χ2v) is 3.51. The molecule has 3 heteroatoms. The molecule has 0 heterocycles. The van der Waals surface area contributed by atoms with Crippen LogP contribution in [-0.4, -0.2) is 22.0 Å². The Morgan fingerprint density at radius 2 is 2.10 bits per heavy atom. The van der Waals surface area contributed by atoms with Crippen molar-refractivity contribution >= 4 is 32.8 Å². The van der Waals surface area contributed by atoms with Gasteiger partial charge < -0.3 is 0 Å². The van der Waals surface area contributed by atoms with Crippen LogP contribution < -0.4 is 4.35 Å². The molecule has 0 aliphatic heterocycles. The zero-order chi connectivity index (χ0) is 7.72. The third-order valence-corrected chi connectivity index (χ3v) is 2.64. The molecule has 0 aliphatic rings. The summed E-state index contributed by atoms with van der Waals surface area (Å²) >= 11 is 8.06. The third kappa shape index (κ3) is 1.47. The summed E-state index contributed by atoms with van der Waals surface area (Å²) in [5.74, 6) is 0.292. The van der Waals surface area contributed by atoms with Crippen LogP contribution in [0.4, 0.5) is 0 Å². The first-order valence-electron chi connectivity index (χ1n) is 2.79. The number of halogens is 1. The Hall–Kier alpha value is -0.132. The molecule has 0 aliphatic carbocycles. The number of rotatable bonds is 0. The van der Waals surface area contributed by atoms with E-state index in [0.717, 1.165) is 9.91 Å². The maximum absolute atomic E-state index is 9.16. The molecular weight excluding hydrogens is 210 g/mol. The Morgan fingerprint density at radius 1 is 1.50 bits per heavy atom. The summed E-state index contributed by atoms with van der Waals surface area (Å²) in [6.45, 7) is 1.81. The minimum absolute atomic E-state index is 0.292. The Balaban J connectivity index is 3.28. The fraction of sp³-hybridized carbons (Fsp3) is 0.143. The molecule has 0 saturated carbocycles. The van der Waals surface area contributed by atoms with Gasteiger partial charge in [-0.3, -0.25) is 0 Å². The van der Waals surface area contributed by atoms with Gasteiger partial charge in [0.1, 0.15) is 0 Å². The van der Waals surface area contributed by atoms with Crippen LogP contribution in [0.3, 0.4) is 0 Å². The van der Waals surface area contributed by atoms with Crippen LogP contribution in [0.2, 0.25) is 5.02 Å². The fourth-order valence-corrected chi connectivity index (χ4v) is 1.26. The first-order valence-corrected chi connectivity index (χ1v) is 4.11. The van der Waals surface area contributed by atoms with Crippen LogP contribution in [0.25, 0.3) is 0 Å². The van der Waals surface area contributed by atoms with Crippen molar-refractivity contribution < 1.29 is 5.11 Å². The molecule has 0 aromatic heterocycles. The van der Waals surface area contributed by atoms with Gasteiger partial charge in [-0.1, -0.05) is 0 Å². The van der Waals surface area contributed by atoms with Crippen molar-refractivity contribution in [2.75, 3.05) is 0 Å². The molecule has 1 nitrogen and oxygen atoms in total. The molecule has 0 spiro atoms. The summed E-state index contributed by atoms with van der Waals surface area (Å²) in [6.07, 6.45) is 0. The van der Waals surface area contributed by atoms with Gasteiger partial charge in [0.25, 0.3) is 0 Å². The van der Waals surface area contributed by atoms with Crippen molar-refractivity contribution in [1.29, 1.82) is 0 Å². The fourth-order valence-electron chi connectivity index (χ4n) is 0.650. The quantitative estimate of drug-likeness (QED) is 0.645. The average molecular weight is 216 g/mol. The molecule has 0 unspecified atom stereocenters. The second-order valence-electron chi connectivity index (χ2n) is 2.09. The van der Waals surface area contributed by atoms with Gasteiger partial charge in [0.2, 0.25) is 0 Å². The molecule has 52 valence electrons. The van der Waals surface area contributed by atoms with Gasteiger partial charge in [-0.2, -0.15) is 0 Å². The van der Waals surface area contributed by atoms with Crippen LogP contribution in [0, 0.1) is 6.92 Å². The molecule has 0 amide bonds. The number of aromatic hydroxyl groups is 1. The van der Waals surface area contributed by atoms with E-state index in [1.54, 1.807) is 12.1 Å². The zero-order valence-corrected chi connectivity index (χ0v) is 8.06. The van der Waals surface area contributed by atoms with Gasteiger partial charge in [0.05, 0.1) is 0 Å². The average Bonchev–Trinajstić information content (AvgIpc) is 1.84. The maximum atomic E-state index is 9.16.